The third-order valence-corrected chi connectivity index (χ3v) is 2.11. The summed E-state index contributed by atoms with van der Waals surface area (Å²) in [6, 6.07) is 5.94. The van der Waals surface area contributed by atoms with Crippen molar-refractivity contribution in [2.45, 2.75) is 19.8 Å². The van der Waals surface area contributed by atoms with Crippen molar-refractivity contribution in [3.63, 3.8) is 0 Å². The smallest absolute Gasteiger partial charge is 0.0626 e. The summed E-state index contributed by atoms with van der Waals surface area (Å²) < 4.78 is 0. The molecule has 0 spiro atoms. The van der Waals surface area contributed by atoms with E-state index >= 15 is 0 Å². The van der Waals surface area contributed by atoms with Crippen LogP contribution in [0.15, 0.2) is 43.1 Å². The molecule has 0 amide bonds. The highest BCUT2D eigenvalue weighted by molar-refractivity contribution is 5.43. The highest BCUT2D eigenvalue weighted by Crippen LogP contribution is 2.09. The van der Waals surface area contributed by atoms with E-state index in [2.05, 4.69) is 30.6 Å². The largest absolute Gasteiger partial charge is 0.257 e. The van der Waals surface area contributed by atoms with Crippen LogP contribution in [0.1, 0.15) is 25.5 Å². The number of hydrogen-bond acceptors (Lipinski definition) is 1. The molecule has 0 saturated heterocycles. The highest BCUT2D eigenvalue weighted by Gasteiger charge is 1.94. The van der Waals surface area contributed by atoms with Crippen LogP contribution in [0.2, 0.25) is 0 Å². The molecule has 14 heavy (non-hydrogen) atoms. The first-order chi connectivity index (χ1) is 6.83. The van der Waals surface area contributed by atoms with Crippen molar-refractivity contribution in [3.8, 4) is 0 Å². The Morgan fingerprint density at radius 2 is 2.36 bits per heavy atom. The van der Waals surface area contributed by atoms with Gasteiger partial charge in [-0.05, 0) is 37.0 Å². The van der Waals surface area contributed by atoms with Crippen LogP contribution in [-0.2, 0) is 0 Å². The average molecular weight is 187 g/mol. The molecule has 0 aliphatic rings. The minimum absolute atomic E-state index is 0.593. The normalized spacial score (nSPS) is 12.9. The van der Waals surface area contributed by atoms with Gasteiger partial charge in [-0.2, -0.15) is 0 Å². The molecule has 0 aromatic carbocycles. The first kappa shape index (κ1) is 10.7. The van der Waals surface area contributed by atoms with Gasteiger partial charge in [0.25, 0.3) is 0 Å². The Hall–Kier alpha value is -1.37. The molecular formula is C13H17N. The second kappa shape index (κ2) is 6.14. The highest BCUT2D eigenvalue weighted by atomic mass is 14.6. The summed E-state index contributed by atoms with van der Waals surface area (Å²) in [6.07, 6.45) is 10.3. The van der Waals surface area contributed by atoms with Crippen LogP contribution >= 0.6 is 0 Å². The minimum atomic E-state index is 0.593. The molecule has 1 heteroatoms. The van der Waals surface area contributed by atoms with E-state index in [1.165, 1.54) is 0 Å². The minimum Gasteiger partial charge on any atom is -0.257 e. The molecule has 0 saturated carbocycles. The summed E-state index contributed by atoms with van der Waals surface area (Å²) >= 11 is 0. The van der Waals surface area contributed by atoms with Crippen molar-refractivity contribution in [2.24, 2.45) is 5.92 Å². The second-order valence-corrected chi connectivity index (χ2v) is 3.46. The fourth-order valence-corrected chi connectivity index (χ4v) is 1.21. The Balaban J connectivity index is 2.43. The number of rotatable bonds is 5. The molecule has 0 N–H and O–H groups in total. The van der Waals surface area contributed by atoms with E-state index < -0.39 is 0 Å². The first-order valence-corrected chi connectivity index (χ1v) is 5.03. The van der Waals surface area contributed by atoms with Gasteiger partial charge in [-0.25, -0.2) is 0 Å². The fourth-order valence-electron chi connectivity index (χ4n) is 1.21. The third-order valence-electron chi connectivity index (χ3n) is 2.11. The van der Waals surface area contributed by atoms with Gasteiger partial charge in [0, 0.05) is 6.20 Å². The van der Waals surface area contributed by atoms with Gasteiger partial charge in [-0.1, -0.05) is 25.1 Å². The van der Waals surface area contributed by atoms with E-state index in [-0.39, 0.29) is 0 Å². The van der Waals surface area contributed by atoms with E-state index in [1.807, 2.05) is 30.5 Å². The molecule has 1 heterocycles. The Kier molecular flexibility index (Phi) is 4.70. The van der Waals surface area contributed by atoms with Crippen LogP contribution in [0, 0.1) is 5.92 Å². The van der Waals surface area contributed by atoms with Crippen LogP contribution in [0.3, 0.4) is 0 Å². The van der Waals surface area contributed by atoms with E-state index in [1.54, 1.807) is 0 Å². The van der Waals surface area contributed by atoms with E-state index in [9.17, 15) is 0 Å². The lowest BCUT2D eigenvalue weighted by atomic mass is 10.0. The zero-order chi connectivity index (χ0) is 10.2. The predicted molar refractivity (Wildman–Crippen MR) is 61.9 cm³/mol. The van der Waals surface area contributed by atoms with Gasteiger partial charge < -0.3 is 0 Å². The van der Waals surface area contributed by atoms with Crippen LogP contribution in [0.25, 0.3) is 6.08 Å². The number of pyridine rings is 1. The van der Waals surface area contributed by atoms with Crippen molar-refractivity contribution in [1.29, 1.82) is 0 Å². The van der Waals surface area contributed by atoms with Crippen molar-refractivity contribution in [1.82, 2.24) is 4.98 Å². The molecule has 0 bridgehead atoms. The van der Waals surface area contributed by atoms with E-state index in [4.69, 9.17) is 0 Å². The van der Waals surface area contributed by atoms with Crippen molar-refractivity contribution in [2.75, 3.05) is 0 Å². The van der Waals surface area contributed by atoms with E-state index in [0.717, 1.165) is 18.5 Å². The molecule has 1 unspecified atom stereocenters. The maximum atomic E-state index is 4.22. The molecular weight excluding hydrogens is 170 g/mol. The molecule has 1 nitrogen and oxygen atoms in total. The average Bonchev–Trinajstić information content (AvgIpc) is 2.25. The summed E-state index contributed by atoms with van der Waals surface area (Å²) in [4.78, 5) is 4.22. The summed E-state index contributed by atoms with van der Waals surface area (Å²) in [7, 11) is 0. The molecule has 0 fully saturated rings. The predicted octanol–water partition coefficient (Wildman–Crippen LogP) is 3.70. The quantitative estimate of drug-likeness (QED) is 0.640. The monoisotopic (exact) mass is 187 g/mol. The molecule has 0 radical (unpaired) electrons. The molecule has 0 aliphatic carbocycles. The van der Waals surface area contributed by atoms with Gasteiger partial charge in [0.2, 0.25) is 0 Å². The van der Waals surface area contributed by atoms with Crippen LogP contribution < -0.4 is 0 Å². The Morgan fingerprint density at radius 1 is 1.50 bits per heavy atom. The third kappa shape index (κ3) is 4.04. The number of hydrogen-bond donors (Lipinski definition) is 0. The van der Waals surface area contributed by atoms with Gasteiger partial charge in [0.15, 0.2) is 0 Å². The van der Waals surface area contributed by atoms with E-state index in [0.29, 0.717) is 5.92 Å². The Labute approximate surface area is 86.2 Å². The number of aromatic nitrogens is 1. The van der Waals surface area contributed by atoms with Crippen LogP contribution in [-0.4, -0.2) is 4.98 Å². The Bertz CT molecular complexity index is 287. The zero-order valence-corrected chi connectivity index (χ0v) is 8.69. The lowest BCUT2D eigenvalue weighted by Gasteiger charge is -2.02. The molecule has 1 rings (SSSR count). The Morgan fingerprint density at radius 3 is 3.00 bits per heavy atom. The maximum Gasteiger partial charge on any atom is 0.0626 e. The lowest BCUT2D eigenvalue weighted by Crippen LogP contribution is -1.88. The summed E-state index contributed by atoms with van der Waals surface area (Å²) in [5.41, 5.74) is 1.03. The van der Waals surface area contributed by atoms with Gasteiger partial charge in [-0.3, -0.25) is 4.98 Å². The summed E-state index contributed by atoms with van der Waals surface area (Å²) in [6.45, 7) is 5.93. The molecule has 1 atom stereocenters. The van der Waals surface area contributed by atoms with Gasteiger partial charge in [0.05, 0.1) is 5.69 Å². The molecule has 74 valence electrons. The topological polar surface area (TPSA) is 12.9 Å². The summed E-state index contributed by atoms with van der Waals surface area (Å²) in [5, 5.41) is 0. The lowest BCUT2D eigenvalue weighted by molar-refractivity contribution is 0.661. The molecule has 1 aromatic rings. The van der Waals surface area contributed by atoms with Crippen molar-refractivity contribution in [3.05, 3.63) is 48.8 Å². The zero-order valence-electron chi connectivity index (χ0n) is 8.69. The molecule has 1 aromatic heterocycles. The maximum absolute atomic E-state index is 4.22. The SMILES string of the molecule is C=CCCC(C)/C=C\c1ccccn1. The van der Waals surface area contributed by atoms with Gasteiger partial charge in [0.1, 0.15) is 0 Å². The summed E-state index contributed by atoms with van der Waals surface area (Å²) in [5.74, 6) is 0.593. The fraction of sp³-hybridized carbons (Fsp3) is 0.308. The second-order valence-electron chi connectivity index (χ2n) is 3.46. The van der Waals surface area contributed by atoms with Crippen LogP contribution in [0.5, 0.6) is 0 Å². The van der Waals surface area contributed by atoms with Gasteiger partial charge in [-0.15, -0.1) is 6.58 Å². The van der Waals surface area contributed by atoms with Gasteiger partial charge >= 0.3 is 0 Å². The van der Waals surface area contributed by atoms with Crippen molar-refractivity contribution < 1.29 is 0 Å². The van der Waals surface area contributed by atoms with Crippen molar-refractivity contribution >= 4 is 6.08 Å². The first-order valence-electron chi connectivity index (χ1n) is 5.03. The number of nitrogens with zero attached hydrogens (tertiary/aromatic N) is 1. The van der Waals surface area contributed by atoms with Crippen LogP contribution in [0.4, 0.5) is 0 Å². The number of allylic oxidation sites excluding steroid dienone is 2. The standard InChI is InChI=1S/C13H17N/c1-3-4-7-12(2)9-10-13-8-5-6-11-14-13/h3,5-6,8-12H,1,4,7H2,2H3/b10-9-. The molecule has 0 aliphatic heterocycles.